The molecule has 152 valence electrons. The number of sulfonamides is 1. The molecule has 0 aliphatic heterocycles. The van der Waals surface area contributed by atoms with Crippen LogP contribution in [0.4, 0.5) is 11.4 Å². The minimum absolute atomic E-state index is 0.260. The maximum atomic E-state index is 12.5. The molecule has 0 bridgehead atoms. The van der Waals surface area contributed by atoms with Crippen molar-refractivity contribution >= 4 is 27.3 Å². The summed E-state index contributed by atoms with van der Waals surface area (Å²) < 4.78 is 35.5. The molecule has 0 saturated heterocycles. The summed E-state index contributed by atoms with van der Waals surface area (Å²) in [5.74, 6) is 0.964. The Kier molecular flexibility index (Phi) is 7.28. The van der Waals surface area contributed by atoms with E-state index in [2.05, 4.69) is 5.32 Å². The van der Waals surface area contributed by atoms with E-state index < -0.39 is 16.1 Å². The first-order valence-electron chi connectivity index (χ1n) is 8.99. The molecule has 2 aromatic carbocycles. The molecule has 0 spiro atoms. The molecular formula is C20H26N2O5S. The van der Waals surface area contributed by atoms with Gasteiger partial charge in [0.05, 0.1) is 18.6 Å². The van der Waals surface area contributed by atoms with Crippen molar-refractivity contribution in [2.45, 2.75) is 26.4 Å². The van der Waals surface area contributed by atoms with E-state index in [1.165, 1.54) is 11.4 Å². The molecule has 0 fully saturated rings. The molecule has 7 nitrogen and oxygen atoms in total. The van der Waals surface area contributed by atoms with Crippen molar-refractivity contribution in [1.29, 1.82) is 0 Å². The number of hydrogen-bond acceptors (Lipinski definition) is 5. The summed E-state index contributed by atoms with van der Waals surface area (Å²) in [4.78, 5) is 12.5. The second kappa shape index (κ2) is 9.45. The third-order valence-electron chi connectivity index (χ3n) is 4.07. The number of amides is 1. The van der Waals surface area contributed by atoms with Gasteiger partial charge < -0.3 is 14.8 Å². The van der Waals surface area contributed by atoms with Crippen LogP contribution >= 0.6 is 0 Å². The predicted octanol–water partition coefficient (Wildman–Crippen LogP) is 3.28. The van der Waals surface area contributed by atoms with E-state index in [4.69, 9.17) is 9.47 Å². The van der Waals surface area contributed by atoms with Gasteiger partial charge in [-0.05, 0) is 61.9 Å². The summed E-state index contributed by atoms with van der Waals surface area (Å²) in [6.45, 7) is 4.34. The van der Waals surface area contributed by atoms with E-state index >= 15 is 0 Å². The SMILES string of the molecule is CCOc1ccc(NC(=O)C(CC)Oc2ccc(N(C)S(C)(=O)=O)cc2)cc1. The molecule has 0 aliphatic carbocycles. The Labute approximate surface area is 166 Å². The topological polar surface area (TPSA) is 84.9 Å². The van der Waals surface area contributed by atoms with Gasteiger partial charge in [-0.3, -0.25) is 9.10 Å². The lowest BCUT2D eigenvalue weighted by Crippen LogP contribution is -2.32. The van der Waals surface area contributed by atoms with Crippen LogP contribution in [0, 0.1) is 0 Å². The van der Waals surface area contributed by atoms with E-state index in [0.717, 1.165) is 12.0 Å². The average molecular weight is 407 g/mol. The van der Waals surface area contributed by atoms with E-state index in [-0.39, 0.29) is 5.91 Å². The van der Waals surface area contributed by atoms with Crippen molar-refractivity contribution in [3.8, 4) is 11.5 Å². The van der Waals surface area contributed by atoms with Crippen molar-refractivity contribution in [2.75, 3.05) is 29.5 Å². The summed E-state index contributed by atoms with van der Waals surface area (Å²) in [5, 5.41) is 2.82. The Balaban J connectivity index is 2.01. The minimum Gasteiger partial charge on any atom is -0.494 e. The molecule has 1 atom stereocenters. The van der Waals surface area contributed by atoms with Gasteiger partial charge in [0.1, 0.15) is 11.5 Å². The van der Waals surface area contributed by atoms with Crippen molar-refractivity contribution in [3.63, 3.8) is 0 Å². The largest absolute Gasteiger partial charge is 0.494 e. The maximum Gasteiger partial charge on any atom is 0.265 e. The van der Waals surface area contributed by atoms with Crippen molar-refractivity contribution < 1.29 is 22.7 Å². The zero-order valence-corrected chi connectivity index (χ0v) is 17.3. The average Bonchev–Trinajstić information content (AvgIpc) is 2.67. The molecule has 0 aliphatic rings. The first kappa shape index (κ1) is 21.6. The van der Waals surface area contributed by atoms with Crippen LogP contribution in [0.15, 0.2) is 48.5 Å². The quantitative estimate of drug-likeness (QED) is 0.691. The smallest absolute Gasteiger partial charge is 0.265 e. The Morgan fingerprint density at radius 1 is 1.04 bits per heavy atom. The second-order valence-electron chi connectivity index (χ2n) is 6.19. The van der Waals surface area contributed by atoms with Gasteiger partial charge in [-0.25, -0.2) is 8.42 Å². The fourth-order valence-corrected chi connectivity index (χ4v) is 2.94. The number of carbonyl (C=O) groups excluding carboxylic acids is 1. The molecule has 1 amide bonds. The highest BCUT2D eigenvalue weighted by Gasteiger charge is 2.19. The van der Waals surface area contributed by atoms with Gasteiger partial charge in [0.2, 0.25) is 10.0 Å². The summed E-state index contributed by atoms with van der Waals surface area (Å²) in [6, 6.07) is 13.7. The third kappa shape index (κ3) is 5.88. The molecule has 0 radical (unpaired) electrons. The maximum absolute atomic E-state index is 12.5. The van der Waals surface area contributed by atoms with Crippen LogP contribution in [0.2, 0.25) is 0 Å². The normalized spacial score (nSPS) is 12.1. The van der Waals surface area contributed by atoms with Gasteiger partial charge in [0, 0.05) is 12.7 Å². The summed E-state index contributed by atoms with van der Waals surface area (Å²) >= 11 is 0. The predicted molar refractivity (Wildman–Crippen MR) is 111 cm³/mol. The van der Waals surface area contributed by atoms with E-state index in [0.29, 0.717) is 30.2 Å². The summed E-state index contributed by atoms with van der Waals surface area (Å²) in [6.07, 6.45) is 0.939. The van der Waals surface area contributed by atoms with Gasteiger partial charge in [0.25, 0.3) is 5.91 Å². The molecule has 0 heterocycles. The highest BCUT2D eigenvalue weighted by atomic mass is 32.2. The second-order valence-corrected chi connectivity index (χ2v) is 8.20. The first-order valence-corrected chi connectivity index (χ1v) is 10.8. The number of nitrogens with one attached hydrogen (secondary N) is 1. The van der Waals surface area contributed by atoms with E-state index in [1.54, 1.807) is 48.5 Å². The lowest BCUT2D eigenvalue weighted by Gasteiger charge is -2.19. The highest BCUT2D eigenvalue weighted by molar-refractivity contribution is 7.92. The van der Waals surface area contributed by atoms with E-state index in [1.807, 2.05) is 13.8 Å². The Morgan fingerprint density at radius 3 is 2.11 bits per heavy atom. The fraction of sp³-hybridized carbons (Fsp3) is 0.350. The van der Waals surface area contributed by atoms with Crippen LogP contribution in [0.3, 0.4) is 0 Å². The van der Waals surface area contributed by atoms with Crippen LogP contribution in [0.25, 0.3) is 0 Å². The summed E-state index contributed by atoms with van der Waals surface area (Å²) in [7, 11) is -1.86. The first-order chi connectivity index (χ1) is 13.2. The van der Waals surface area contributed by atoms with Crippen molar-refractivity contribution in [3.05, 3.63) is 48.5 Å². The molecule has 2 aromatic rings. The Morgan fingerprint density at radius 2 is 1.61 bits per heavy atom. The highest BCUT2D eigenvalue weighted by Crippen LogP contribution is 2.22. The number of carbonyl (C=O) groups is 1. The van der Waals surface area contributed by atoms with Crippen LogP contribution in [-0.4, -0.2) is 40.3 Å². The third-order valence-corrected chi connectivity index (χ3v) is 5.28. The Bertz CT molecular complexity index is 880. The monoisotopic (exact) mass is 406 g/mol. The number of rotatable bonds is 9. The molecule has 2 rings (SSSR count). The van der Waals surface area contributed by atoms with E-state index in [9.17, 15) is 13.2 Å². The van der Waals surface area contributed by atoms with Gasteiger partial charge >= 0.3 is 0 Å². The molecule has 0 aromatic heterocycles. The number of ether oxygens (including phenoxy) is 2. The molecule has 1 unspecified atom stereocenters. The number of nitrogens with zero attached hydrogens (tertiary/aromatic N) is 1. The van der Waals surface area contributed by atoms with Crippen LogP contribution in [0.5, 0.6) is 11.5 Å². The lowest BCUT2D eigenvalue weighted by atomic mass is 10.2. The van der Waals surface area contributed by atoms with Crippen molar-refractivity contribution in [1.82, 2.24) is 0 Å². The van der Waals surface area contributed by atoms with Gasteiger partial charge in [0.15, 0.2) is 6.10 Å². The Hall–Kier alpha value is -2.74. The minimum atomic E-state index is -3.33. The van der Waals surface area contributed by atoms with Crippen LogP contribution in [0.1, 0.15) is 20.3 Å². The van der Waals surface area contributed by atoms with Gasteiger partial charge in [-0.1, -0.05) is 6.92 Å². The molecule has 8 heteroatoms. The number of anilines is 2. The van der Waals surface area contributed by atoms with Gasteiger partial charge in [-0.15, -0.1) is 0 Å². The number of benzene rings is 2. The summed E-state index contributed by atoms with van der Waals surface area (Å²) in [5.41, 5.74) is 1.17. The molecule has 1 N–H and O–H groups in total. The zero-order valence-electron chi connectivity index (χ0n) is 16.5. The van der Waals surface area contributed by atoms with Gasteiger partial charge in [-0.2, -0.15) is 0 Å². The van der Waals surface area contributed by atoms with Crippen molar-refractivity contribution in [2.24, 2.45) is 0 Å². The molecule has 0 saturated carbocycles. The zero-order chi connectivity index (χ0) is 20.7. The standard InChI is InChI=1S/C20H26N2O5S/c1-5-19(20(23)21-15-7-11-17(12-8-15)26-6-2)27-18-13-9-16(10-14-18)22(3)28(4,24)25/h7-14,19H,5-6H2,1-4H3,(H,21,23). The van der Waals surface area contributed by atoms with Crippen LogP contribution < -0.4 is 19.1 Å². The molecule has 28 heavy (non-hydrogen) atoms. The fourth-order valence-electron chi connectivity index (χ4n) is 2.44. The molecular weight excluding hydrogens is 380 g/mol. The lowest BCUT2D eigenvalue weighted by molar-refractivity contribution is -0.122. The van der Waals surface area contributed by atoms with Crippen LogP contribution in [-0.2, 0) is 14.8 Å². The number of hydrogen-bond donors (Lipinski definition) is 1.